The smallest absolute Gasteiger partial charge is 0.193 e. The van der Waals surface area contributed by atoms with Crippen molar-refractivity contribution in [3.63, 3.8) is 0 Å². The number of carbonyl (C=O) groups is 1. The summed E-state index contributed by atoms with van der Waals surface area (Å²) in [7, 11) is 0. The molecule has 2 nitrogen and oxygen atoms in total. The third-order valence-electron chi connectivity index (χ3n) is 2.91. The molecule has 1 rings (SSSR count). The van der Waals surface area contributed by atoms with Gasteiger partial charge in [-0.25, -0.2) is 0 Å². The van der Waals surface area contributed by atoms with Gasteiger partial charge in [0.2, 0.25) is 0 Å². The first kappa shape index (κ1) is 14.9. The topological polar surface area (TPSA) is 37.3 Å². The van der Waals surface area contributed by atoms with Gasteiger partial charge in [-0.2, -0.15) is 0 Å². The molecule has 19 heavy (non-hydrogen) atoms. The Morgan fingerprint density at radius 1 is 1.21 bits per heavy atom. The lowest BCUT2D eigenvalue weighted by Crippen LogP contribution is -2.27. The molecule has 0 fully saturated rings. The van der Waals surface area contributed by atoms with Crippen LogP contribution in [0.15, 0.2) is 84.6 Å². The lowest BCUT2D eigenvalue weighted by Gasteiger charge is -2.26. The van der Waals surface area contributed by atoms with E-state index in [4.69, 9.17) is 0 Å². The van der Waals surface area contributed by atoms with Gasteiger partial charge in [0.15, 0.2) is 5.78 Å². The fraction of sp³-hybridized carbons (Fsp3) is 0.118. The average Bonchev–Trinajstić information content (AvgIpc) is 2.41. The average molecular weight is 254 g/mol. The highest BCUT2D eigenvalue weighted by Gasteiger charge is 2.31. The summed E-state index contributed by atoms with van der Waals surface area (Å²) in [6, 6.07) is 0. The minimum Gasteiger partial charge on any atom is -0.384 e. The molecule has 1 aliphatic carbocycles. The van der Waals surface area contributed by atoms with E-state index < -0.39 is 6.10 Å². The summed E-state index contributed by atoms with van der Waals surface area (Å²) in [6.45, 7) is 12.6. The van der Waals surface area contributed by atoms with E-state index in [1.165, 1.54) is 6.08 Å². The number of aliphatic hydroxyl groups excluding tert-OH is 1. The van der Waals surface area contributed by atoms with Gasteiger partial charge in [0.05, 0.1) is 0 Å². The minimum absolute atomic E-state index is 0.131. The summed E-state index contributed by atoms with van der Waals surface area (Å²) in [5, 5.41) is 10.4. The van der Waals surface area contributed by atoms with Crippen LogP contribution in [0.4, 0.5) is 0 Å². The molecule has 2 heteroatoms. The third kappa shape index (κ3) is 2.80. The zero-order valence-electron chi connectivity index (χ0n) is 11.1. The van der Waals surface area contributed by atoms with E-state index in [9.17, 15) is 9.90 Å². The summed E-state index contributed by atoms with van der Waals surface area (Å²) in [4.78, 5) is 12.4. The van der Waals surface area contributed by atoms with E-state index in [-0.39, 0.29) is 5.78 Å². The Balaban J connectivity index is 3.55. The zero-order valence-corrected chi connectivity index (χ0v) is 11.1. The van der Waals surface area contributed by atoms with Crippen LogP contribution in [0.5, 0.6) is 0 Å². The fourth-order valence-electron chi connectivity index (χ4n) is 2.03. The first-order chi connectivity index (χ1) is 9.12. The van der Waals surface area contributed by atoms with Gasteiger partial charge in [-0.1, -0.05) is 62.3 Å². The monoisotopic (exact) mass is 254 g/mol. The van der Waals surface area contributed by atoms with Crippen molar-refractivity contribution < 1.29 is 9.90 Å². The quantitative estimate of drug-likeness (QED) is 0.618. The number of ketones is 1. The Bertz CT molecular complexity index is 540. The van der Waals surface area contributed by atoms with E-state index in [1.54, 1.807) is 43.4 Å². The maximum Gasteiger partial charge on any atom is 0.193 e. The Labute approximate surface area is 114 Å². The molecule has 0 saturated carbocycles. The van der Waals surface area contributed by atoms with Crippen LogP contribution in [0.3, 0.4) is 0 Å². The van der Waals surface area contributed by atoms with Gasteiger partial charge >= 0.3 is 0 Å². The lowest BCUT2D eigenvalue weighted by atomic mass is 9.80. The molecule has 1 N–H and O–H groups in total. The van der Waals surface area contributed by atoms with Gasteiger partial charge in [-0.15, -0.1) is 0 Å². The second-order valence-corrected chi connectivity index (χ2v) is 3.96. The standard InChI is InChI=1S/C17H18O2/c1-5-9-11-15-13(8-4)16(18)14(10-6-2)12(7-3)17(15)19/h5-11,16,18H,1-2,4H2,3H3/b11-9-,12-7+,14-10+. The van der Waals surface area contributed by atoms with Crippen LogP contribution in [0.1, 0.15) is 6.92 Å². The second kappa shape index (κ2) is 6.66. The molecule has 0 radical (unpaired) electrons. The number of Topliss-reactive ketones (excluding diaryl/α,β-unsaturated/α-hetero) is 1. The van der Waals surface area contributed by atoms with Crippen molar-refractivity contribution >= 4 is 5.78 Å². The van der Waals surface area contributed by atoms with Crippen molar-refractivity contribution in [3.8, 4) is 0 Å². The van der Waals surface area contributed by atoms with Crippen LogP contribution in [-0.2, 0) is 4.79 Å². The number of carbonyl (C=O) groups excluding carboxylic acids is 1. The Morgan fingerprint density at radius 2 is 1.89 bits per heavy atom. The van der Waals surface area contributed by atoms with Crippen LogP contribution in [0, 0.1) is 0 Å². The molecule has 0 heterocycles. The molecule has 0 aliphatic heterocycles. The first-order valence-corrected chi connectivity index (χ1v) is 6.00. The van der Waals surface area contributed by atoms with Crippen molar-refractivity contribution in [1.29, 1.82) is 0 Å². The Morgan fingerprint density at radius 3 is 2.37 bits per heavy atom. The maximum absolute atomic E-state index is 12.4. The van der Waals surface area contributed by atoms with E-state index in [1.807, 2.05) is 0 Å². The number of allylic oxidation sites excluding steroid dienone is 7. The predicted molar refractivity (Wildman–Crippen MR) is 79.6 cm³/mol. The second-order valence-electron chi connectivity index (χ2n) is 3.96. The minimum atomic E-state index is -0.871. The van der Waals surface area contributed by atoms with Gasteiger partial charge in [0.1, 0.15) is 6.10 Å². The molecule has 0 spiro atoms. The van der Waals surface area contributed by atoms with E-state index in [2.05, 4.69) is 19.7 Å². The summed E-state index contributed by atoms with van der Waals surface area (Å²) in [5.74, 6) is -0.131. The van der Waals surface area contributed by atoms with Crippen molar-refractivity contribution in [2.24, 2.45) is 0 Å². The molecular formula is C17H18O2. The maximum atomic E-state index is 12.4. The van der Waals surface area contributed by atoms with Crippen molar-refractivity contribution in [2.75, 3.05) is 0 Å². The highest BCUT2D eigenvalue weighted by atomic mass is 16.3. The van der Waals surface area contributed by atoms with Crippen LogP contribution in [-0.4, -0.2) is 17.0 Å². The number of rotatable bonds is 4. The number of hydrogen-bond donors (Lipinski definition) is 1. The van der Waals surface area contributed by atoms with Gasteiger partial charge in [-0.3, -0.25) is 4.79 Å². The van der Waals surface area contributed by atoms with E-state index in [0.29, 0.717) is 22.3 Å². The molecule has 0 aromatic rings. The molecule has 1 aliphatic rings. The summed E-state index contributed by atoms with van der Waals surface area (Å²) >= 11 is 0. The van der Waals surface area contributed by atoms with Crippen molar-refractivity contribution in [2.45, 2.75) is 13.0 Å². The third-order valence-corrected chi connectivity index (χ3v) is 2.91. The number of aliphatic hydroxyl groups is 1. The van der Waals surface area contributed by atoms with Crippen LogP contribution in [0.2, 0.25) is 0 Å². The van der Waals surface area contributed by atoms with Crippen LogP contribution >= 0.6 is 0 Å². The molecule has 0 bridgehead atoms. The highest BCUT2D eigenvalue weighted by molar-refractivity contribution is 6.15. The summed E-state index contributed by atoms with van der Waals surface area (Å²) < 4.78 is 0. The molecule has 0 aromatic heterocycles. The molecule has 1 unspecified atom stereocenters. The molecule has 0 aromatic carbocycles. The van der Waals surface area contributed by atoms with Gasteiger partial charge in [-0.05, 0) is 18.1 Å². The van der Waals surface area contributed by atoms with Gasteiger partial charge < -0.3 is 5.11 Å². The Hall–Kier alpha value is -2.19. The van der Waals surface area contributed by atoms with Crippen molar-refractivity contribution in [1.82, 2.24) is 0 Å². The van der Waals surface area contributed by atoms with Crippen molar-refractivity contribution in [3.05, 3.63) is 84.6 Å². The fourth-order valence-corrected chi connectivity index (χ4v) is 2.03. The van der Waals surface area contributed by atoms with E-state index in [0.717, 1.165) is 0 Å². The molecular weight excluding hydrogens is 236 g/mol. The largest absolute Gasteiger partial charge is 0.384 e. The molecule has 98 valence electrons. The molecule has 1 atom stereocenters. The van der Waals surface area contributed by atoms with E-state index >= 15 is 0 Å². The van der Waals surface area contributed by atoms with Crippen LogP contribution < -0.4 is 0 Å². The Kier molecular flexibility index (Phi) is 5.22. The SMILES string of the molecule is C=C/C=C\C1=C(C=C)C(O)C(=C/C=C)/C(=C\C)C1=O. The summed E-state index contributed by atoms with van der Waals surface area (Å²) in [6.07, 6.45) is 10.4. The highest BCUT2D eigenvalue weighted by Crippen LogP contribution is 2.32. The lowest BCUT2D eigenvalue weighted by molar-refractivity contribution is -0.112. The molecule has 0 saturated heterocycles. The van der Waals surface area contributed by atoms with Gasteiger partial charge in [0, 0.05) is 11.1 Å². The van der Waals surface area contributed by atoms with Gasteiger partial charge in [0.25, 0.3) is 0 Å². The first-order valence-electron chi connectivity index (χ1n) is 6.00. The summed E-state index contributed by atoms with van der Waals surface area (Å²) in [5.41, 5.74) is 1.98. The molecule has 0 amide bonds. The van der Waals surface area contributed by atoms with Crippen LogP contribution in [0.25, 0.3) is 0 Å². The number of hydrogen-bond acceptors (Lipinski definition) is 2. The normalized spacial score (nSPS) is 24.3. The predicted octanol–water partition coefficient (Wildman–Crippen LogP) is 3.21. The zero-order chi connectivity index (χ0) is 14.4.